The third-order valence-electron chi connectivity index (χ3n) is 3.97. The summed E-state index contributed by atoms with van der Waals surface area (Å²) in [5.41, 5.74) is 7.08. The first-order chi connectivity index (χ1) is 7.38. The van der Waals surface area contributed by atoms with Crippen LogP contribution in [0.3, 0.4) is 0 Å². The molecular weight excluding hydrogens is 184 g/mol. The van der Waals surface area contributed by atoms with E-state index in [9.17, 15) is 0 Å². The lowest BCUT2D eigenvalue weighted by Gasteiger charge is -2.32. The first kappa shape index (κ1) is 12.4. The van der Waals surface area contributed by atoms with Gasteiger partial charge in [0.15, 0.2) is 0 Å². The Morgan fingerprint density at radius 1 is 0.733 bits per heavy atom. The van der Waals surface area contributed by atoms with Crippen LogP contribution in [-0.2, 0) is 0 Å². The maximum absolute atomic E-state index is 7.08. The summed E-state index contributed by atoms with van der Waals surface area (Å²) in [5, 5.41) is 0. The zero-order valence-corrected chi connectivity index (χ0v) is 9.83. The average molecular weight is 208 g/mol. The standard InChI is InChI=1S/C12H22.CH2N2/c1-3-7-11(8-4-1)12-9-5-2-6-10-12;1-3-2/h11-12H,1-10H2;1H2. The topological polar surface area (TPSA) is 36.4 Å². The Morgan fingerprint density at radius 2 is 1.00 bits per heavy atom. The van der Waals surface area contributed by atoms with Gasteiger partial charge in [-0.15, -0.1) is 0 Å². The molecule has 86 valence electrons. The number of hydrogen-bond donors (Lipinski definition) is 0. The molecule has 0 bridgehead atoms. The summed E-state index contributed by atoms with van der Waals surface area (Å²) in [6.45, 7) is 2.67. The second-order valence-corrected chi connectivity index (χ2v) is 4.94. The molecule has 2 aliphatic carbocycles. The van der Waals surface area contributed by atoms with Crippen molar-refractivity contribution in [2.75, 3.05) is 0 Å². The molecule has 0 aliphatic heterocycles. The maximum atomic E-state index is 7.08. The molecule has 0 radical (unpaired) electrons. The summed E-state index contributed by atoms with van der Waals surface area (Å²) in [6, 6.07) is 0. The van der Waals surface area contributed by atoms with Crippen LogP contribution in [0.15, 0.2) is 0 Å². The zero-order chi connectivity index (χ0) is 10.9. The molecule has 15 heavy (non-hydrogen) atoms. The van der Waals surface area contributed by atoms with E-state index in [2.05, 4.69) is 11.5 Å². The largest absolute Gasteiger partial charge is 0.362 e. The Morgan fingerprint density at radius 3 is 1.27 bits per heavy atom. The van der Waals surface area contributed by atoms with Crippen molar-refractivity contribution in [3.63, 3.8) is 0 Å². The third kappa shape index (κ3) is 4.61. The predicted octanol–water partition coefficient (Wildman–Crippen LogP) is 4.06. The molecule has 0 heterocycles. The van der Waals surface area contributed by atoms with Crippen LogP contribution in [0.1, 0.15) is 64.2 Å². The minimum absolute atomic E-state index is 1.14. The summed E-state index contributed by atoms with van der Waals surface area (Å²) < 4.78 is 0. The molecule has 0 atom stereocenters. The average Bonchev–Trinajstić information content (AvgIpc) is 2.32. The fourth-order valence-electron chi connectivity index (χ4n) is 3.21. The lowest BCUT2D eigenvalue weighted by Crippen LogP contribution is -2.20. The van der Waals surface area contributed by atoms with Crippen LogP contribution in [-0.4, -0.2) is 11.5 Å². The Kier molecular flexibility index (Phi) is 6.34. The molecule has 2 rings (SSSR count). The fourth-order valence-corrected chi connectivity index (χ4v) is 3.21. The van der Waals surface area contributed by atoms with Gasteiger partial charge in [0.25, 0.3) is 0 Å². The molecule has 2 heteroatoms. The normalized spacial score (nSPS) is 23.7. The van der Waals surface area contributed by atoms with Crippen molar-refractivity contribution in [3.8, 4) is 0 Å². The SMILES string of the molecule is C1CCC(C2CCCCC2)CC1.C=[N+]=[N-]. The molecule has 0 aromatic rings. The van der Waals surface area contributed by atoms with Crippen molar-refractivity contribution in [1.82, 2.24) is 0 Å². The molecule has 0 aromatic heterocycles. The van der Waals surface area contributed by atoms with Gasteiger partial charge in [-0.1, -0.05) is 64.2 Å². The van der Waals surface area contributed by atoms with Gasteiger partial charge < -0.3 is 5.53 Å². The van der Waals surface area contributed by atoms with E-state index in [1.54, 1.807) is 25.7 Å². The van der Waals surface area contributed by atoms with Crippen LogP contribution < -0.4 is 0 Å². The van der Waals surface area contributed by atoms with Gasteiger partial charge >= 0.3 is 0 Å². The Balaban J connectivity index is 0.000000337. The molecule has 2 saturated carbocycles. The lowest BCUT2D eigenvalue weighted by molar-refractivity contribution is 0.0110. The molecule has 0 spiro atoms. The molecule has 0 unspecified atom stereocenters. The van der Waals surface area contributed by atoms with E-state index < -0.39 is 0 Å². The second-order valence-electron chi connectivity index (χ2n) is 4.94. The van der Waals surface area contributed by atoms with E-state index in [1.807, 2.05) is 0 Å². The second kappa shape index (κ2) is 7.64. The highest BCUT2D eigenvalue weighted by Crippen LogP contribution is 2.37. The van der Waals surface area contributed by atoms with Crippen molar-refractivity contribution in [1.29, 1.82) is 0 Å². The van der Waals surface area contributed by atoms with Crippen molar-refractivity contribution in [3.05, 3.63) is 5.53 Å². The number of hydrogen-bond acceptors (Lipinski definition) is 0. The van der Waals surface area contributed by atoms with Crippen LogP contribution in [0.4, 0.5) is 0 Å². The summed E-state index contributed by atoms with van der Waals surface area (Å²) in [7, 11) is 0. The molecule has 0 aromatic carbocycles. The van der Waals surface area contributed by atoms with Crippen molar-refractivity contribution < 1.29 is 4.79 Å². The van der Waals surface area contributed by atoms with E-state index in [-0.39, 0.29) is 0 Å². The molecule has 0 amide bonds. The van der Waals surface area contributed by atoms with E-state index in [0.717, 1.165) is 11.8 Å². The van der Waals surface area contributed by atoms with Crippen LogP contribution in [0.2, 0.25) is 0 Å². The fraction of sp³-hybridized carbons (Fsp3) is 0.923. The molecule has 2 nitrogen and oxygen atoms in total. The van der Waals surface area contributed by atoms with Crippen LogP contribution in [0, 0.1) is 11.8 Å². The van der Waals surface area contributed by atoms with Gasteiger partial charge in [-0.25, -0.2) is 0 Å². The van der Waals surface area contributed by atoms with Crippen LogP contribution in [0.25, 0.3) is 5.53 Å². The van der Waals surface area contributed by atoms with Gasteiger partial charge in [0.2, 0.25) is 6.72 Å². The smallest absolute Gasteiger partial charge is 0.245 e. The summed E-state index contributed by atoms with van der Waals surface area (Å²) in [6.07, 6.45) is 15.4. The van der Waals surface area contributed by atoms with Crippen LogP contribution in [0.5, 0.6) is 0 Å². The summed E-state index contributed by atoms with van der Waals surface area (Å²) >= 11 is 0. The molecule has 2 aliphatic rings. The maximum Gasteiger partial charge on any atom is 0.245 e. The Hall–Kier alpha value is -0.620. The molecule has 0 saturated heterocycles. The minimum Gasteiger partial charge on any atom is -0.362 e. The quantitative estimate of drug-likeness (QED) is 0.354. The van der Waals surface area contributed by atoms with Crippen molar-refractivity contribution >= 4 is 6.72 Å². The number of nitrogens with zero attached hydrogens (tertiary/aromatic N) is 2. The zero-order valence-electron chi connectivity index (χ0n) is 9.83. The van der Waals surface area contributed by atoms with E-state index >= 15 is 0 Å². The highest BCUT2D eigenvalue weighted by molar-refractivity contribution is 5.12. The van der Waals surface area contributed by atoms with E-state index in [1.165, 1.54) is 38.5 Å². The highest BCUT2D eigenvalue weighted by Gasteiger charge is 2.24. The number of rotatable bonds is 1. The van der Waals surface area contributed by atoms with Gasteiger partial charge in [-0.05, 0) is 11.8 Å². The van der Waals surface area contributed by atoms with Crippen molar-refractivity contribution in [2.45, 2.75) is 64.2 Å². The first-order valence-corrected chi connectivity index (χ1v) is 6.48. The predicted molar refractivity (Wildman–Crippen MR) is 63.9 cm³/mol. The lowest BCUT2D eigenvalue weighted by atomic mass is 9.73. The molecular formula is C13H24N2. The van der Waals surface area contributed by atoms with E-state index in [0.29, 0.717) is 0 Å². The van der Waals surface area contributed by atoms with Crippen LogP contribution >= 0.6 is 0 Å². The molecule has 2 fully saturated rings. The van der Waals surface area contributed by atoms with Gasteiger partial charge in [-0.2, -0.15) is 4.79 Å². The minimum atomic E-state index is 1.14. The van der Waals surface area contributed by atoms with Crippen molar-refractivity contribution in [2.24, 2.45) is 11.8 Å². The molecule has 0 N–H and O–H groups in total. The van der Waals surface area contributed by atoms with Gasteiger partial charge in [0, 0.05) is 0 Å². The van der Waals surface area contributed by atoms with Gasteiger partial charge in [0.05, 0.1) is 0 Å². The third-order valence-corrected chi connectivity index (χ3v) is 3.97. The Bertz CT molecular complexity index is 167. The highest BCUT2D eigenvalue weighted by atomic mass is 14.8. The van der Waals surface area contributed by atoms with E-state index in [4.69, 9.17) is 5.53 Å². The Labute approximate surface area is 93.7 Å². The monoisotopic (exact) mass is 208 g/mol. The summed E-state index contributed by atoms with van der Waals surface area (Å²) in [4.78, 5) is 2.25. The first-order valence-electron chi connectivity index (χ1n) is 6.48. The summed E-state index contributed by atoms with van der Waals surface area (Å²) in [5.74, 6) is 2.28. The van der Waals surface area contributed by atoms with Gasteiger partial charge in [0.1, 0.15) is 0 Å². The van der Waals surface area contributed by atoms with Gasteiger partial charge in [-0.3, -0.25) is 0 Å².